The summed E-state index contributed by atoms with van der Waals surface area (Å²) in [6.07, 6.45) is 0.335. The number of ether oxygens (including phenoxy) is 1. The number of rotatable bonds is 5. The van der Waals surface area contributed by atoms with E-state index in [4.69, 9.17) is 4.74 Å². The number of hydrogen-bond donors (Lipinski definition) is 1. The Hall–Kier alpha value is -2.80. The van der Waals surface area contributed by atoms with Gasteiger partial charge in [0.2, 0.25) is 0 Å². The van der Waals surface area contributed by atoms with Crippen molar-refractivity contribution in [3.8, 4) is 0 Å². The van der Waals surface area contributed by atoms with Gasteiger partial charge in [0.1, 0.15) is 17.7 Å². The Morgan fingerprint density at radius 1 is 1.19 bits per heavy atom. The first-order chi connectivity index (χ1) is 13.0. The quantitative estimate of drug-likeness (QED) is 0.817. The van der Waals surface area contributed by atoms with Crippen LogP contribution in [0.2, 0.25) is 0 Å². The van der Waals surface area contributed by atoms with E-state index in [0.717, 1.165) is 0 Å². The van der Waals surface area contributed by atoms with Crippen LogP contribution in [-0.4, -0.2) is 42.5 Å². The number of nitrogens with zero attached hydrogens (tertiary/aromatic N) is 1. The number of amides is 1. The maximum Gasteiger partial charge on any atom is 0.323 e. The number of carbonyl (C=O) groups excluding carboxylic acids is 2. The highest BCUT2D eigenvalue weighted by atomic mass is 19.1. The largest absolute Gasteiger partial charge is 0.468 e. The molecule has 0 spiro atoms. The zero-order chi connectivity index (χ0) is 19.4. The van der Waals surface area contributed by atoms with E-state index >= 15 is 0 Å². The molecule has 2 aromatic rings. The molecular weight excluding hydrogens is 354 g/mol. The fourth-order valence-corrected chi connectivity index (χ4v) is 3.34. The number of nitrogens with one attached hydrogen (secondary N) is 1. The van der Waals surface area contributed by atoms with Crippen molar-refractivity contribution in [2.75, 3.05) is 13.7 Å². The standard InChI is InChI=1S/C20H20F2N2O3/c1-27-20(26)18-10-15(23-19(25)16-7-2-3-8-17(16)22)12-24(18)11-13-5-4-6-14(21)9-13/h2-9,15,18H,10-12H2,1H3,(H,23,25)/t15-,18-/m0/s1. The van der Waals surface area contributed by atoms with Gasteiger partial charge >= 0.3 is 5.97 Å². The number of likely N-dealkylation sites (tertiary alicyclic amines) is 1. The molecule has 1 N–H and O–H groups in total. The van der Waals surface area contributed by atoms with Gasteiger partial charge in [-0.1, -0.05) is 24.3 Å². The molecule has 1 saturated heterocycles. The molecule has 0 aliphatic carbocycles. The maximum absolute atomic E-state index is 13.8. The molecule has 1 heterocycles. The summed E-state index contributed by atoms with van der Waals surface area (Å²) in [6, 6.07) is 10.9. The summed E-state index contributed by atoms with van der Waals surface area (Å²) in [4.78, 5) is 26.3. The van der Waals surface area contributed by atoms with Crippen molar-refractivity contribution < 1.29 is 23.1 Å². The molecule has 0 bridgehead atoms. The van der Waals surface area contributed by atoms with E-state index in [1.165, 1.54) is 37.4 Å². The molecule has 1 amide bonds. The molecule has 142 valence electrons. The molecule has 1 aliphatic rings. The van der Waals surface area contributed by atoms with Gasteiger partial charge < -0.3 is 10.1 Å². The number of hydrogen-bond acceptors (Lipinski definition) is 4. The number of esters is 1. The average molecular weight is 374 g/mol. The Kier molecular flexibility index (Phi) is 5.81. The highest BCUT2D eigenvalue weighted by molar-refractivity contribution is 5.94. The van der Waals surface area contributed by atoms with Crippen LogP contribution in [0.4, 0.5) is 8.78 Å². The second-order valence-corrected chi connectivity index (χ2v) is 6.48. The van der Waals surface area contributed by atoms with Crippen LogP contribution in [0.3, 0.4) is 0 Å². The molecule has 1 aliphatic heterocycles. The van der Waals surface area contributed by atoms with E-state index in [1.807, 2.05) is 4.90 Å². The van der Waals surface area contributed by atoms with Gasteiger partial charge in [-0.3, -0.25) is 14.5 Å². The molecule has 7 heteroatoms. The van der Waals surface area contributed by atoms with E-state index in [-0.39, 0.29) is 17.4 Å². The number of halogens is 2. The SMILES string of the molecule is COC(=O)[C@@H]1C[C@H](NC(=O)c2ccccc2F)CN1Cc1cccc(F)c1. The predicted molar refractivity (Wildman–Crippen MR) is 94.9 cm³/mol. The molecule has 27 heavy (non-hydrogen) atoms. The summed E-state index contributed by atoms with van der Waals surface area (Å²) < 4.78 is 32.1. The first kappa shape index (κ1) is 19.0. The van der Waals surface area contributed by atoms with Gasteiger partial charge in [-0.2, -0.15) is 0 Å². The topological polar surface area (TPSA) is 58.6 Å². The third-order valence-corrected chi connectivity index (χ3v) is 4.61. The second kappa shape index (κ2) is 8.26. The summed E-state index contributed by atoms with van der Waals surface area (Å²) in [7, 11) is 1.30. The van der Waals surface area contributed by atoms with Crippen LogP contribution in [0.5, 0.6) is 0 Å². The van der Waals surface area contributed by atoms with E-state index in [0.29, 0.717) is 25.1 Å². The van der Waals surface area contributed by atoms with Crippen molar-refractivity contribution in [3.63, 3.8) is 0 Å². The summed E-state index contributed by atoms with van der Waals surface area (Å²) in [5.41, 5.74) is 0.667. The Balaban J connectivity index is 1.72. The third-order valence-electron chi connectivity index (χ3n) is 4.61. The van der Waals surface area contributed by atoms with Crippen molar-refractivity contribution in [1.82, 2.24) is 10.2 Å². The first-order valence-corrected chi connectivity index (χ1v) is 8.59. The van der Waals surface area contributed by atoms with Crippen LogP contribution >= 0.6 is 0 Å². The molecule has 1 fully saturated rings. The summed E-state index contributed by atoms with van der Waals surface area (Å²) >= 11 is 0. The minimum atomic E-state index is -0.603. The van der Waals surface area contributed by atoms with Crippen molar-refractivity contribution in [3.05, 3.63) is 71.3 Å². The minimum absolute atomic E-state index is 0.0456. The number of benzene rings is 2. The Morgan fingerprint density at radius 3 is 2.67 bits per heavy atom. The normalized spacial score (nSPS) is 19.7. The van der Waals surface area contributed by atoms with E-state index in [9.17, 15) is 18.4 Å². The first-order valence-electron chi connectivity index (χ1n) is 8.59. The van der Waals surface area contributed by atoms with Gasteiger partial charge in [0.25, 0.3) is 5.91 Å². The number of methoxy groups -OCH3 is 1. The Bertz CT molecular complexity index is 843. The van der Waals surface area contributed by atoms with Crippen LogP contribution in [0.25, 0.3) is 0 Å². The van der Waals surface area contributed by atoms with Crippen molar-refractivity contribution in [2.24, 2.45) is 0 Å². The van der Waals surface area contributed by atoms with Gasteiger partial charge in [0.15, 0.2) is 0 Å². The van der Waals surface area contributed by atoms with Gasteiger partial charge in [-0.15, -0.1) is 0 Å². The Morgan fingerprint density at radius 2 is 1.96 bits per heavy atom. The van der Waals surface area contributed by atoms with Gasteiger partial charge in [-0.05, 0) is 36.2 Å². The number of carbonyl (C=O) groups is 2. The molecule has 2 aromatic carbocycles. The fourth-order valence-electron chi connectivity index (χ4n) is 3.34. The van der Waals surface area contributed by atoms with E-state index in [1.54, 1.807) is 18.2 Å². The van der Waals surface area contributed by atoms with Crippen LogP contribution in [0.15, 0.2) is 48.5 Å². The lowest BCUT2D eigenvalue weighted by Crippen LogP contribution is -2.38. The van der Waals surface area contributed by atoms with Crippen LogP contribution < -0.4 is 5.32 Å². The molecule has 0 radical (unpaired) electrons. The molecule has 2 atom stereocenters. The van der Waals surface area contributed by atoms with Crippen LogP contribution in [0.1, 0.15) is 22.3 Å². The lowest BCUT2D eigenvalue weighted by atomic mass is 10.1. The van der Waals surface area contributed by atoms with E-state index in [2.05, 4.69) is 5.32 Å². The second-order valence-electron chi connectivity index (χ2n) is 6.48. The summed E-state index contributed by atoms with van der Waals surface area (Å²) in [6.45, 7) is 0.708. The maximum atomic E-state index is 13.8. The highest BCUT2D eigenvalue weighted by Crippen LogP contribution is 2.22. The monoisotopic (exact) mass is 374 g/mol. The zero-order valence-electron chi connectivity index (χ0n) is 14.8. The van der Waals surface area contributed by atoms with Crippen molar-refractivity contribution in [2.45, 2.75) is 25.0 Å². The third kappa shape index (κ3) is 4.49. The minimum Gasteiger partial charge on any atom is -0.468 e. The van der Waals surface area contributed by atoms with E-state index < -0.39 is 23.7 Å². The van der Waals surface area contributed by atoms with Crippen LogP contribution in [-0.2, 0) is 16.1 Å². The molecule has 5 nitrogen and oxygen atoms in total. The summed E-state index contributed by atoms with van der Waals surface area (Å²) in [5, 5.41) is 2.77. The zero-order valence-corrected chi connectivity index (χ0v) is 14.8. The lowest BCUT2D eigenvalue weighted by Gasteiger charge is -2.22. The Labute approximate surface area is 155 Å². The average Bonchev–Trinajstić information content (AvgIpc) is 3.03. The predicted octanol–water partition coefficient (Wildman–Crippen LogP) is 2.51. The summed E-state index contributed by atoms with van der Waals surface area (Å²) in [5.74, 6) is -1.91. The smallest absolute Gasteiger partial charge is 0.323 e. The van der Waals surface area contributed by atoms with Crippen LogP contribution in [0, 0.1) is 11.6 Å². The van der Waals surface area contributed by atoms with Crippen molar-refractivity contribution in [1.29, 1.82) is 0 Å². The fraction of sp³-hybridized carbons (Fsp3) is 0.300. The highest BCUT2D eigenvalue weighted by Gasteiger charge is 2.38. The lowest BCUT2D eigenvalue weighted by molar-refractivity contribution is -0.146. The molecule has 3 rings (SSSR count). The van der Waals surface area contributed by atoms with Gasteiger partial charge in [0, 0.05) is 19.1 Å². The molecular formula is C20H20F2N2O3. The van der Waals surface area contributed by atoms with Crippen molar-refractivity contribution >= 4 is 11.9 Å². The van der Waals surface area contributed by atoms with Gasteiger partial charge in [0.05, 0.1) is 12.7 Å². The molecule has 0 saturated carbocycles. The molecule has 0 aromatic heterocycles. The van der Waals surface area contributed by atoms with Gasteiger partial charge in [-0.25, -0.2) is 8.78 Å². The molecule has 0 unspecified atom stereocenters.